The lowest BCUT2D eigenvalue weighted by atomic mass is 10.8. The largest absolute Gasteiger partial charge is 0.374 e. The number of hydrogen-bond acceptors (Lipinski definition) is 4. The summed E-state index contributed by atoms with van der Waals surface area (Å²) in [6, 6.07) is 0. The summed E-state index contributed by atoms with van der Waals surface area (Å²) in [6.45, 7) is 0.328. The van der Waals surface area contributed by atoms with Gasteiger partial charge in [0, 0.05) is 0 Å². The topological polar surface area (TPSA) is 72.5 Å². The molecular formula is C3H6N2O2S. The van der Waals surface area contributed by atoms with E-state index in [-0.39, 0.29) is 10.9 Å². The maximum atomic E-state index is 10.5. The van der Waals surface area contributed by atoms with Crippen molar-refractivity contribution in [2.45, 2.75) is 0 Å². The predicted octanol–water partition coefficient (Wildman–Crippen LogP) is -1.27. The maximum absolute atomic E-state index is 10.5. The average Bonchev–Trinajstić information content (AvgIpc) is 1.86. The van der Waals surface area contributed by atoms with E-state index in [2.05, 4.69) is 4.99 Å². The number of sulfone groups is 1. The van der Waals surface area contributed by atoms with Crippen molar-refractivity contribution in [3.8, 4) is 0 Å². The number of nitrogens with zero attached hydrogens (tertiary/aromatic N) is 1. The van der Waals surface area contributed by atoms with E-state index in [9.17, 15) is 8.42 Å². The van der Waals surface area contributed by atoms with Crippen LogP contribution >= 0.6 is 0 Å². The van der Waals surface area contributed by atoms with Crippen molar-refractivity contribution in [2.75, 3.05) is 12.3 Å². The molecule has 0 bridgehead atoms. The highest BCUT2D eigenvalue weighted by Gasteiger charge is 2.20. The minimum absolute atomic E-state index is 0.0822. The summed E-state index contributed by atoms with van der Waals surface area (Å²) in [5.41, 5.74) is 4.97. The van der Waals surface area contributed by atoms with E-state index in [0.717, 1.165) is 0 Å². The Kier molecular flexibility index (Phi) is 1.00. The first-order chi connectivity index (χ1) is 3.63. The molecule has 0 amide bonds. The second-order valence-corrected chi connectivity index (χ2v) is 3.59. The summed E-state index contributed by atoms with van der Waals surface area (Å²) < 4.78 is 21.0. The molecule has 5 heteroatoms. The Morgan fingerprint density at radius 2 is 2.25 bits per heavy atom. The van der Waals surface area contributed by atoms with E-state index in [4.69, 9.17) is 5.73 Å². The molecule has 8 heavy (non-hydrogen) atoms. The van der Waals surface area contributed by atoms with E-state index in [1.807, 2.05) is 0 Å². The van der Waals surface area contributed by atoms with Crippen LogP contribution in [0.25, 0.3) is 0 Å². The highest BCUT2D eigenvalue weighted by molar-refractivity contribution is 8.06. The lowest BCUT2D eigenvalue weighted by molar-refractivity contribution is 0.609. The quantitative estimate of drug-likeness (QED) is 0.449. The maximum Gasteiger partial charge on any atom is 0.213 e. The molecule has 1 aliphatic heterocycles. The number of aliphatic imine (C=N–C) groups is 1. The van der Waals surface area contributed by atoms with Crippen LogP contribution < -0.4 is 5.73 Å². The summed E-state index contributed by atoms with van der Waals surface area (Å²) in [6.07, 6.45) is 0. The van der Waals surface area contributed by atoms with Crippen LogP contribution in [0.5, 0.6) is 0 Å². The van der Waals surface area contributed by atoms with Crippen LogP contribution in [0.2, 0.25) is 0 Å². The molecule has 0 aliphatic carbocycles. The normalized spacial score (nSPS) is 25.2. The fourth-order valence-corrected chi connectivity index (χ4v) is 1.31. The molecule has 46 valence electrons. The minimum Gasteiger partial charge on any atom is -0.374 e. The highest BCUT2D eigenvalue weighted by atomic mass is 32.2. The molecule has 0 spiro atoms. The Bertz CT molecular complexity index is 215. The van der Waals surface area contributed by atoms with Gasteiger partial charge in [-0.1, -0.05) is 0 Å². The van der Waals surface area contributed by atoms with Gasteiger partial charge in [-0.05, 0) is 0 Å². The van der Waals surface area contributed by atoms with Gasteiger partial charge in [-0.25, -0.2) is 8.42 Å². The number of nitrogens with two attached hydrogens (primary N) is 1. The van der Waals surface area contributed by atoms with Crippen LogP contribution in [0, 0.1) is 0 Å². The van der Waals surface area contributed by atoms with E-state index < -0.39 is 9.84 Å². The molecule has 0 radical (unpaired) electrons. The fourth-order valence-electron chi connectivity index (χ4n) is 0.479. The number of amidine groups is 1. The van der Waals surface area contributed by atoms with Crippen LogP contribution in [0.4, 0.5) is 0 Å². The first-order valence-electron chi connectivity index (χ1n) is 2.15. The van der Waals surface area contributed by atoms with Crippen LogP contribution in [-0.4, -0.2) is 25.9 Å². The van der Waals surface area contributed by atoms with Gasteiger partial charge >= 0.3 is 0 Å². The summed E-state index contributed by atoms with van der Waals surface area (Å²) in [5.74, 6) is 0.0822. The molecule has 2 N–H and O–H groups in total. The van der Waals surface area contributed by atoms with E-state index in [1.165, 1.54) is 0 Å². The molecule has 1 aliphatic rings. The second kappa shape index (κ2) is 1.45. The summed E-state index contributed by atoms with van der Waals surface area (Å²) in [7, 11) is -3.10. The van der Waals surface area contributed by atoms with Gasteiger partial charge in [0.1, 0.15) is 0 Å². The van der Waals surface area contributed by atoms with Gasteiger partial charge < -0.3 is 5.73 Å². The van der Waals surface area contributed by atoms with Crippen LogP contribution in [0.1, 0.15) is 0 Å². The Balaban J connectivity index is 3.08. The standard InChI is InChI=1S/C3H6N2O2S/c4-3-5-1-2-8(3,6)7/h1-2H2,(H2,4,5). The zero-order chi connectivity index (χ0) is 6.20. The second-order valence-electron chi connectivity index (χ2n) is 1.54. The van der Waals surface area contributed by atoms with Gasteiger partial charge in [-0.3, -0.25) is 4.99 Å². The van der Waals surface area contributed by atoms with E-state index in [1.54, 1.807) is 0 Å². The summed E-state index contributed by atoms with van der Waals surface area (Å²) in [5, 5.41) is -0.211. The highest BCUT2D eigenvalue weighted by Crippen LogP contribution is 1.97. The van der Waals surface area contributed by atoms with Gasteiger partial charge in [-0.15, -0.1) is 0 Å². The average molecular weight is 134 g/mol. The third kappa shape index (κ3) is 0.686. The molecule has 0 aromatic carbocycles. The van der Waals surface area contributed by atoms with Crippen molar-refractivity contribution >= 4 is 15.0 Å². The van der Waals surface area contributed by atoms with Crippen molar-refractivity contribution in [3.05, 3.63) is 0 Å². The van der Waals surface area contributed by atoms with Crippen molar-refractivity contribution in [3.63, 3.8) is 0 Å². The Hall–Kier alpha value is -0.580. The fraction of sp³-hybridized carbons (Fsp3) is 0.667. The van der Waals surface area contributed by atoms with Crippen LogP contribution in [0.3, 0.4) is 0 Å². The molecule has 0 unspecified atom stereocenters. The summed E-state index contributed by atoms with van der Waals surface area (Å²) in [4.78, 5) is 3.50. The lowest BCUT2D eigenvalue weighted by Crippen LogP contribution is -2.20. The third-order valence-electron chi connectivity index (χ3n) is 0.946. The molecule has 0 saturated heterocycles. The molecule has 0 fully saturated rings. The van der Waals surface area contributed by atoms with Gasteiger partial charge in [0.05, 0.1) is 12.3 Å². The van der Waals surface area contributed by atoms with Crippen molar-refractivity contribution < 1.29 is 8.42 Å². The molecular weight excluding hydrogens is 128 g/mol. The van der Waals surface area contributed by atoms with Crippen LogP contribution in [-0.2, 0) is 9.84 Å². The van der Waals surface area contributed by atoms with Gasteiger partial charge in [0.2, 0.25) is 15.0 Å². The monoisotopic (exact) mass is 134 g/mol. The SMILES string of the molecule is NC1=NCCS1(=O)=O. The molecule has 0 saturated carbocycles. The molecule has 0 aromatic heterocycles. The number of rotatable bonds is 0. The molecule has 0 aromatic rings. The van der Waals surface area contributed by atoms with Gasteiger partial charge in [-0.2, -0.15) is 0 Å². The Morgan fingerprint density at radius 3 is 2.38 bits per heavy atom. The third-order valence-corrected chi connectivity index (χ3v) is 2.43. The van der Waals surface area contributed by atoms with Crippen molar-refractivity contribution in [1.29, 1.82) is 0 Å². The van der Waals surface area contributed by atoms with Crippen molar-refractivity contribution in [1.82, 2.24) is 0 Å². The van der Waals surface area contributed by atoms with E-state index >= 15 is 0 Å². The van der Waals surface area contributed by atoms with E-state index in [0.29, 0.717) is 6.54 Å². The molecule has 4 nitrogen and oxygen atoms in total. The Labute approximate surface area is 47.3 Å². The molecule has 1 heterocycles. The lowest BCUT2D eigenvalue weighted by Gasteiger charge is -1.86. The zero-order valence-corrected chi connectivity index (χ0v) is 4.98. The first-order valence-corrected chi connectivity index (χ1v) is 3.81. The van der Waals surface area contributed by atoms with Gasteiger partial charge in [0.25, 0.3) is 0 Å². The smallest absolute Gasteiger partial charge is 0.213 e. The first kappa shape index (κ1) is 5.55. The molecule has 0 atom stereocenters. The predicted molar refractivity (Wildman–Crippen MR) is 30.3 cm³/mol. The number of hydrogen-bond donors (Lipinski definition) is 1. The Morgan fingerprint density at radius 1 is 1.62 bits per heavy atom. The molecule has 1 rings (SSSR count). The summed E-state index contributed by atoms with van der Waals surface area (Å²) >= 11 is 0. The van der Waals surface area contributed by atoms with Crippen molar-refractivity contribution in [2.24, 2.45) is 10.7 Å². The van der Waals surface area contributed by atoms with Crippen LogP contribution in [0.15, 0.2) is 4.99 Å². The zero-order valence-electron chi connectivity index (χ0n) is 4.16. The van der Waals surface area contributed by atoms with Gasteiger partial charge in [0.15, 0.2) is 0 Å². The minimum atomic E-state index is -3.10.